The Balaban J connectivity index is 3.80. The van der Waals surface area contributed by atoms with Crippen LogP contribution in [0.15, 0.2) is 12.1 Å². The van der Waals surface area contributed by atoms with E-state index in [2.05, 4.69) is 0 Å². The van der Waals surface area contributed by atoms with Crippen molar-refractivity contribution in [1.29, 1.82) is 0 Å². The summed E-state index contributed by atoms with van der Waals surface area (Å²) in [6.07, 6.45) is -16.2. The van der Waals surface area contributed by atoms with E-state index in [0.29, 0.717) is 6.29 Å². The molecule has 0 aliphatic carbocycles. The molecule has 1 radical (unpaired) electrons. The summed E-state index contributed by atoms with van der Waals surface area (Å²) in [4.78, 5) is 10.3. The van der Waals surface area contributed by atoms with Crippen molar-refractivity contribution in [3.63, 3.8) is 0 Å². The molecule has 0 saturated carbocycles. The average Bonchev–Trinajstić information content (AvgIpc) is 2.23. The van der Waals surface area contributed by atoms with Crippen molar-refractivity contribution in [1.82, 2.24) is 0 Å². The largest absolute Gasteiger partial charge is 0.417 e. The van der Waals surface area contributed by atoms with Crippen LogP contribution in [0.4, 0.5) is 39.5 Å². The van der Waals surface area contributed by atoms with Gasteiger partial charge in [0.1, 0.15) is 0 Å². The van der Waals surface area contributed by atoms with E-state index in [1.807, 2.05) is 0 Å². The van der Waals surface area contributed by atoms with E-state index < -0.39 is 52.9 Å². The quantitative estimate of drug-likeness (QED) is 0.711. The highest BCUT2D eigenvalue weighted by Gasteiger charge is 2.44. The Bertz CT molecular complexity index is 486. The lowest BCUT2D eigenvalue weighted by molar-refractivity contribution is -0.148. The first-order valence-corrected chi connectivity index (χ1v) is 4.56. The summed E-state index contributed by atoms with van der Waals surface area (Å²) < 4.78 is 112. The first-order chi connectivity index (χ1) is 8.78. The Morgan fingerprint density at radius 2 is 1.05 bits per heavy atom. The van der Waals surface area contributed by atoms with Crippen molar-refractivity contribution in [2.75, 3.05) is 0 Å². The first-order valence-electron chi connectivity index (χ1n) is 4.56. The molecular weight excluding hydrogens is 307 g/mol. The molecule has 0 fully saturated rings. The third-order valence-electron chi connectivity index (χ3n) is 2.18. The Kier molecular flexibility index (Phi) is 3.81. The molecule has 0 spiro atoms. The van der Waals surface area contributed by atoms with Gasteiger partial charge in [0.15, 0.2) is 0 Å². The maximum absolute atomic E-state index is 12.5. The molecule has 0 bridgehead atoms. The number of rotatable bonds is 1. The van der Waals surface area contributed by atoms with Crippen molar-refractivity contribution in [3.8, 4) is 0 Å². The van der Waals surface area contributed by atoms with Crippen LogP contribution in [-0.2, 0) is 23.3 Å². The summed E-state index contributed by atoms with van der Waals surface area (Å²) >= 11 is 0. The van der Waals surface area contributed by atoms with Gasteiger partial charge in [-0.05, 0) is 12.1 Å². The summed E-state index contributed by atoms with van der Waals surface area (Å²) in [6, 6.07) is -1.12. The lowest BCUT2D eigenvalue weighted by Gasteiger charge is -2.18. The minimum absolute atomic E-state index is 0.399. The molecule has 0 saturated heterocycles. The second kappa shape index (κ2) is 4.67. The summed E-state index contributed by atoms with van der Waals surface area (Å²) in [5.74, 6) is 0. The molecule has 0 aliphatic heterocycles. The fraction of sp³-hybridized carbons (Fsp3) is 0.300. The Morgan fingerprint density at radius 1 is 0.700 bits per heavy atom. The van der Waals surface area contributed by atoms with Gasteiger partial charge in [-0.2, -0.15) is 39.5 Å². The molecule has 1 aromatic carbocycles. The van der Waals surface area contributed by atoms with E-state index in [1.165, 1.54) is 0 Å². The molecule has 0 amide bonds. The lowest BCUT2D eigenvalue weighted by atomic mass is 9.97. The molecule has 1 nitrogen and oxygen atoms in total. The van der Waals surface area contributed by atoms with Crippen molar-refractivity contribution in [2.45, 2.75) is 18.5 Å². The van der Waals surface area contributed by atoms with Gasteiger partial charge in [0.05, 0.1) is 22.3 Å². The molecule has 0 N–H and O–H groups in total. The molecule has 0 aliphatic rings. The van der Waals surface area contributed by atoms with Crippen LogP contribution in [0.5, 0.6) is 0 Å². The van der Waals surface area contributed by atoms with E-state index in [0.717, 1.165) is 0 Å². The molecule has 111 valence electrons. The maximum Gasteiger partial charge on any atom is 0.417 e. The molecule has 0 aromatic heterocycles. The van der Waals surface area contributed by atoms with Crippen LogP contribution in [0, 0.1) is 0 Å². The molecule has 0 atom stereocenters. The Labute approximate surface area is 105 Å². The second-order valence-electron chi connectivity index (χ2n) is 3.54. The topological polar surface area (TPSA) is 17.1 Å². The zero-order chi connectivity index (χ0) is 15.9. The highest BCUT2D eigenvalue weighted by molar-refractivity contribution is 5.81. The summed E-state index contributed by atoms with van der Waals surface area (Å²) in [6.45, 7) is 0. The number of halogens is 9. The van der Waals surface area contributed by atoms with Crippen LogP contribution in [0.3, 0.4) is 0 Å². The fourth-order valence-corrected chi connectivity index (χ4v) is 1.36. The van der Waals surface area contributed by atoms with Crippen molar-refractivity contribution < 1.29 is 44.3 Å². The van der Waals surface area contributed by atoms with Gasteiger partial charge in [0, 0.05) is 0 Å². The van der Waals surface area contributed by atoms with E-state index in [1.54, 1.807) is 0 Å². The van der Waals surface area contributed by atoms with E-state index in [4.69, 9.17) is 0 Å². The van der Waals surface area contributed by atoms with E-state index in [9.17, 15) is 44.3 Å². The van der Waals surface area contributed by atoms with Crippen molar-refractivity contribution in [3.05, 3.63) is 34.4 Å². The van der Waals surface area contributed by atoms with Gasteiger partial charge in [-0.15, -0.1) is 0 Å². The van der Waals surface area contributed by atoms with Crippen LogP contribution in [0.1, 0.15) is 22.3 Å². The van der Waals surface area contributed by atoms with Crippen LogP contribution in [-0.4, -0.2) is 6.29 Å². The highest BCUT2D eigenvalue weighted by Crippen LogP contribution is 2.42. The maximum atomic E-state index is 12.5. The number of benzene rings is 1. The molecule has 10 heteroatoms. The molecule has 1 aromatic rings. The van der Waals surface area contributed by atoms with E-state index in [-0.39, 0.29) is 0 Å². The third kappa shape index (κ3) is 3.23. The SMILES string of the molecule is O=[C]c1c(C(F)(F)F)cc(C(F)(F)F)cc1C(F)(F)F. The van der Waals surface area contributed by atoms with Gasteiger partial charge in [-0.3, -0.25) is 4.79 Å². The third-order valence-corrected chi connectivity index (χ3v) is 2.18. The van der Waals surface area contributed by atoms with Gasteiger partial charge in [-0.1, -0.05) is 0 Å². The van der Waals surface area contributed by atoms with Crippen molar-refractivity contribution in [2.24, 2.45) is 0 Å². The highest BCUT2D eigenvalue weighted by atomic mass is 19.4. The van der Waals surface area contributed by atoms with Gasteiger partial charge in [0.2, 0.25) is 6.29 Å². The minimum atomic E-state index is -5.56. The second-order valence-corrected chi connectivity index (χ2v) is 3.54. The molecule has 1 rings (SSSR count). The molecule has 0 unspecified atom stereocenters. The van der Waals surface area contributed by atoms with Crippen molar-refractivity contribution >= 4 is 6.29 Å². The zero-order valence-electron chi connectivity index (χ0n) is 8.96. The Morgan fingerprint density at radius 3 is 1.25 bits per heavy atom. The standard InChI is InChI=1S/C10H2F9O/c11-8(12,13)4-1-6(9(14,15)16)5(3-20)7(2-4)10(17,18)19/h1-2H. The van der Waals surface area contributed by atoms with Crippen LogP contribution < -0.4 is 0 Å². The number of hydrogen-bond donors (Lipinski definition) is 0. The Hall–Kier alpha value is -1.74. The van der Waals surface area contributed by atoms with Gasteiger partial charge in [-0.25, -0.2) is 0 Å². The smallest absolute Gasteiger partial charge is 0.285 e. The number of hydrogen-bond acceptors (Lipinski definition) is 1. The summed E-state index contributed by atoms with van der Waals surface area (Å²) in [7, 11) is 0. The predicted molar refractivity (Wildman–Crippen MR) is 46.2 cm³/mol. The van der Waals surface area contributed by atoms with Crippen LogP contribution >= 0.6 is 0 Å². The van der Waals surface area contributed by atoms with Gasteiger partial charge < -0.3 is 0 Å². The normalized spacial score (nSPS) is 13.4. The van der Waals surface area contributed by atoms with Crippen LogP contribution in [0.25, 0.3) is 0 Å². The van der Waals surface area contributed by atoms with Gasteiger partial charge >= 0.3 is 18.5 Å². The first kappa shape index (κ1) is 16.3. The minimum Gasteiger partial charge on any atom is -0.285 e. The zero-order valence-corrected chi connectivity index (χ0v) is 8.96. The summed E-state index contributed by atoms with van der Waals surface area (Å²) in [5.41, 5.74) is -8.83. The monoisotopic (exact) mass is 309 g/mol. The predicted octanol–water partition coefficient (Wildman–Crippen LogP) is 4.20. The van der Waals surface area contributed by atoms with E-state index >= 15 is 0 Å². The summed E-state index contributed by atoms with van der Waals surface area (Å²) in [5, 5.41) is 0. The number of alkyl halides is 9. The molecular formula is C10H2F9O. The van der Waals surface area contributed by atoms with Gasteiger partial charge in [0.25, 0.3) is 0 Å². The molecule has 20 heavy (non-hydrogen) atoms. The fourth-order valence-electron chi connectivity index (χ4n) is 1.36. The lowest BCUT2D eigenvalue weighted by Crippen LogP contribution is -2.19. The average molecular weight is 309 g/mol. The number of carbonyl (C=O) groups excluding carboxylic acids is 1. The van der Waals surface area contributed by atoms with Crippen LogP contribution in [0.2, 0.25) is 0 Å². The molecule has 0 heterocycles.